The lowest BCUT2D eigenvalue weighted by Crippen LogP contribution is -2.25. The molecular formula is C24H23NO2S. The Bertz CT molecular complexity index is 828. The van der Waals surface area contributed by atoms with E-state index in [4.69, 9.17) is 9.13 Å². The fourth-order valence-corrected chi connectivity index (χ4v) is 4.22. The van der Waals surface area contributed by atoms with Crippen molar-refractivity contribution in [3.8, 4) is 0 Å². The average Bonchev–Trinajstić information content (AvgIpc) is 2.76. The summed E-state index contributed by atoms with van der Waals surface area (Å²) in [5.74, 6) is -0.286. The molecule has 0 bridgehead atoms. The van der Waals surface area contributed by atoms with Gasteiger partial charge in [0.25, 0.3) is 0 Å². The Morgan fingerprint density at radius 2 is 1.21 bits per heavy atom. The third-order valence-electron chi connectivity index (χ3n) is 4.51. The van der Waals surface area contributed by atoms with Gasteiger partial charge in [-0.2, -0.15) is 0 Å². The van der Waals surface area contributed by atoms with Crippen molar-refractivity contribution < 1.29 is 9.53 Å². The van der Waals surface area contributed by atoms with Gasteiger partial charge in [0.1, 0.15) is 4.75 Å². The van der Waals surface area contributed by atoms with Gasteiger partial charge in [0.15, 0.2) is 0 Å². The Hall–Kier alpha value is -2.85. The highest BCUT2D eigenvalue weighted by molar-refractivity contribution is 7.99. The monoisotopic (exact) mass is 389 g/mol. The molecule has 28 heavy (non-hydrogen) atoms. The van der Waals surface area contributed by atoms with E-state index in [1.807, 2.05) is 61.5 Å². The van der Waals surface area contributed by atoms with Crippen molar-refractivity contribution in [2.24, 2.45) is 4.40 Å². The molecule has 0 atom stereocenters. The summed E-state index contributed by atoms with van der Waals surface area (Å²) in [7, 11) is 1.39. The normalized spacial score (nSPS) is 11.9. The first-order valence-electron chi connectivity index (χ1n) is 9.12. The van der Waals surface area contributed by atoms with Crippen molar-refractivity contribution in [2.75, 3.05) is 7.11 Å². The number of hydrogen-bond donors (Lipinski definition) is 0. The number of nitrogens with zero attached hydrogens (tertiary/aromatic N) is 1. The van der Waals surface area contributed by atoms with Crippen molar-refractivity contribution in [3.05, 3.63) is 108 Å². The Labute approximate surface area is 170 Å². The molecule has 142 valence electrons. The highest BCUT2D eigenvalue weighted by atomic mass is 32.2. The van der Waals surface area contributed by atoms with Crippen LogP contribution >= 0.6 is 11.9 Å². The summed E-state index contributed by atoms with van der Waals surface area (Å²) in [6.07, 6.45) is 0.179. The number of carbonyl (C=O) groups excluding carboxylic acids is 1. The van der Waals surface area contributed by atoms with Gasteiger partial charge in [0.2, 0.25) is 0 Å². The van der Waals surface area contributed by atoms with Crippen LogP contribution in [0.2, 0.25) is 0 Å². The van der Waals surface area contributed by atoms with Crippen molar-refractivity contribution in [3.63, 3.8) is 0 Å². The van der Waals surface area contributed by atoms with Crippen molar-refractivity contribution in [2.45, 2.75) is 18.1 Å². The molecule has 4 heteroatoms. The van der Waals surface area contributed by atoms with E-state index in [0.29, 0.717) is 0 Å². The molecule has 0 aliphatic rings. The van der Waals surface area contributed by atoms with Crippen LogP contribution in [0.15, 0.2) is 95.4 Å². The van der Waals surface area contributed by atoms with Crippen molar-refractivity contribution in [1.82, 2.24) is 0 Å². The summed E-state index contributed by atoms with van der Waals surface area (Å²) in [5.41, 5.74) is 4.12. The standard InChI is InChI=1S/C24H23NO2S/c1-19(18-23(26)27-2)25-28-24(20-12-6-3-7-13-20,21-14-8-4-9-15-21)22-16-10-5-11-17-22/h3-17H,18H2,1-2H3. The third-order valence-corrected chi connectivity index (χ3v) is 5.89. The van der Waals surface area contributed by atoms with Crippen LogP contribution in [0.1, 0.15) is 30.0 Å². The predicted octanol–water partition coefficient (Wildman–Crippen LogP) is 5.65. The maximum atomic E-state index is 11.6. The Morgan fingerprint density at radius 3 is 1.57 bits per heavy atom. The molecule has 0 aromatic heterocycles. The number of esters is 1. The topological polar surface area (TPSA) is 38.7 Å². The molecule has 3 nitrogen and oxygen atoms in total. The molecule has 3 aromatic carbocycles. The fraction of sp³-hybridized carbons (Fsp3) is 0.167. The summed E-state index contributed by atoms with van der Waals surface area (Å²) in [4.78, 5) is 11.6. The van der Waals surface area contributed by atoms with Gasteiger partial charge in [-0.05, 0) is 35.6 Å². The summed E-state index contributed by atoms with van der Waals surface area (Å²) in [5, 5.41) is 0. The summed E-state index contributed by atoms with van der Waals surface area (Å²) < 4.78 is 9.00. The predicted molar refractivity (Wildman–Crippen MR) is 117 cm³/mol. The van der Waals surface area contributed by atoms with E-state index in [9.17, 15) is 4.79 Å². The van der Waals surface area contributed by atoms with E-state index in [1.165, 1.54) is 19.1 Å². The van der Waals surface area contributed by atoms with Gasteiger partial charge < -0.3 is 4.74 Å². The Morgan fingerprint density at radius 1 is 0.821 bits per heavy atom. The van der Waals surface area contributed by atoms with Crippen molar-refractivity contribution >= 4 is 23.6 Å². The molecular weight excluding hydrogens is 366 g/mol. The summed E-state index contributed by atoms with van der Waals surface area (Å²) in [6.45, 7) is 1.86. The Kier molecular flexibility index (Phi) is 6.66. The van der Waals surface area contributed by atoms with Gasteiger partial charge in [-0.15, -0.1) is 0 Å². The SMILES string of the molecule is COC(=O)CC(C)=NSC(c1ccccc1)(c1ccccc1)c1ccccc1. The lowest BCUT2D eigenvalue weighted by Gasteiger charge is -2.33. The maximum absolute atomic E-state index is 11.6. The largest absolute Gasteiger partial charge is 0.469 e. The molecule has 0 spiro atoms. The number of carbonyl (C=O) groups is 1. The van der Waals surface area contributed by atoms with Crippen LogP contribution in [0.3, 0.4) is 0 Å². The van der Waals surface area contributed by atoms with Crippen LogP contribution in [0, 0.1) is 0 Å². The zero-order valence-corrected chi connectivity index (χ0v) is 16.9. The zero-order valence-electron chi connectivity index (χ0n) is 16.0. The minimum atomic E-state index is -0.527. The molecule has 0 unspecified atom stereocenters. The van der Waals surface area contributed by atoms with E-state index in [0.717, 1.165) is 22.4 Å². The van der Waals surface area contributed by atoms with Gasteiger partial charge in [0, 0.05) is 5.71 Å². The van der Waals surface area contributed by atoms with Crippen LogP contribution in [-0.2, 0) is 14.3 Å². The molecule has 0 fully saturated rings. The number of methoxy groups -OCH3 is 1. The first kappa shape index (κ1) is 19.9. The highest BCUT2D eigenvalue weighted by Gasteiger charge is 2.37. The molecule has 0 amide bonds. The zero-order chi connectivity index (χ0) is 19.8. The molecule has 3 rings (SSSR count). The molecule has 0 saturated heterocycles. The van der Waals surface area contributed by atoms with E-state index in [1.54, 1.807) is 0 Å². The van der Waals surface area contributed by atoms with E-state index in [2.05, 4.69) is 36.4 Å². The second-order valence-corrected chi connectivity index (χ2v) is 7.43. The second-order valence-electron chi connectivity index (χ2n) is 6.45. The van der Waals surface area contributed by atoms with E-state index >= 15 is 0 Å². The minimum absolute atomic E-state index is 0.179. The lowest BCUT2D eigenvalue weighted by atomic mass is 9.84. The van der Waals surface area contributed by atoms with Crippen LogP contribution in [0.4, 0.5) is 0 Å². The Balaban J connectivity index is 2.17. The molecule has 0 aliphatic carbocycles. The van der Waals surface area contributed by atoms with Crippen LogP contribution < -0.4 is 0 Å². The summed E-state index contributed by atoms with van der Waals surface area (Å²) in [6, 6.07) is 31.0. The van der Waals surface area contributed by atoms with Crippen LogP contribution in [0.5, 0.6) is 0 Å². The molecule has 3 aromatic rings. The second kappa shape index (κ2) is 9.38. The van der Waals surface area contributed by atoms with Gasteiger partial charge in [-0.3, -0.25) is 4.79 Å². The number of ether oxygens (including phenoxy) is 1. The van der Waals surface area contributed by atoms with Gasteiger partial charge in [0.05, 0.1) is 13.5 Å². The average molecular weight is 390 g/mol. The van der Waals surface area contributed by atoms with Gasteiger partial charge in [-0.25, -0.2) is 4.40 Å². The highest BCUT2D eigenvalue weighted by Crippen LogP contribution is 2.49. The van der Waals surface area contributed by atoms with Crippen LogP contribution in [0.25, 0.3) is 0 Å². The molecule has 0 N–H and O–H groups in total. The first-order valence-corrected chi connectivity index (χ1v) is 9.89. The number of hydrogen-bond acceptors (Lipinski definition) is 4. The molecule has 0 radical (unpaired) electrons. The summed E-state index contributed by atoms with van der Waals surface area (Å²) >= 11 is 1.47. The lowest BCUT2D eigenvalue weighted by molar-refractivity contribution is -0.139. The van der Waals surface area contributed by atoms with Gasteiger partial charge in [-0.1, -0.05) is 91.0 Å². The smallest absolute Gasteiger partial charge is 0.311 e. The first-order chi connectivity index (χ1) is 13.7. The van der Waals surface area contributed by atoms with E-state index in [-0.39, 0.29) is 12.4 Å². The van der Waals surface area contributed by atoms with Crippen molar-refractivity contribution in [1.29, 1.82) is 0 Å². The maximum Gasteiger partial charge on any atom is 0.311 e. The quantitative estimate of drug-likeness (QED) is 0.227. The third kappa shape index (κ3) is 4.34. The number of rotatable bonds is 7. The fourth-order valence-electron chi connectivity index (χ4n) is 3.14. The molecule has 0 saturated carbocycles. The number of benzene rings is 3. The van der Waals surface area contributed by atoms with E-state index < -0.39 is 4.75 Å². The van der Waals surface area contributed by atoms with Gasteiger partial charge >= 0.3 is 5.97 Å². The molecule has 0 aliphatic heterocycles. The minimum Gasteiger partial charge on any atom is -0.469 e. The van der Waals surface area contributed by atoms with Crippen LogP contribution in [-0.4, -0.2) is 18.8 Å². The molecule has 0 heterocycles.